The summed E-state index contributed by atoms with van der Waals surface area (Å²) >= 11 is 0. The summed E-state index contributed by atoms with van der Waals surface area (Å²) in [5, 5.41) is 2.91. The number of pyridine rings is 1. The van der Waals surface area contributed by atoms with Crippen molar-refractivity contribution in [3.63, 3.8) is 0 Å². The Labute approximate surface area is 169 Å². The fraction of sp³-hybridized carbons (Fsp3) is 0.318. The lowest BCUT2D eigenvalue weighted by molar-refractivity contribution is -0.121. The average molecular weight is 393 g/mol. The maximum Gasteiger partial charge on any atom is 0.220 e. The molecule has 0 aliphatic carbocycles. The lowest BCUT2D eigenvalue weighted by atomic mass is 10.2. The van der Waals surface area contributed by atoms with Crippen molar-refractivity contribution in [1.29, 1.82) is 0 Å². The Balaban J connectivity index is 1.24. The molecule has 1 fully saturated rings. The summed E-state index contributed by atoms with van der Waals surface area (Å²) in [5.41, 5.74) is 1.90. The molecule has 0 saturated carbocycles. The van der Waals surface area contributed by atoms with Gasteiger partial charge in [-0.3, -0.25) is 4.79 Å². The normalized spacial score (nSPS) is 15.9. The van der Waals surface area contributed by atoms with Crippen LogP contribution in [0.2, 0.25) is 0 Å². The average Bonchev–Trinajstić information content (AvgIpc) is 3.44. The highest BCUT2D eigenvalue weighted by atomic mass is 16.5. The fourth-order valence-electron chi connectivity index (χ4n) is 3.07. The van der Waals surface area contributed by atoms with Crippen LogP contribution in [0.5, 0.6) is 5.88 Å². The molecule has 0 bridgehead atoms. The number of aryl methyl sites for hydroxylation is 1. The lowest BCUT2D eigenvalue weighted by Crippen LogP contribution is -2.23. The van der Waals surface area contributed by atoms with Gasteiger partial charge >= 0.3 is 0 Å². The van der Waals surface area contributed by atoms with Crippen LogP contribution in [0.4, 0.5) is 0 Å². The van der Waals surface area contributed by atoms with Gasteiger partial charge in [0.05, 0.1) is 19.4 Å². The Kier molecular flexibility index (Phi) is 6.16. The van der Waals surface area contributed by atoms with Crippen molar-refractivity contribution in [3.8, 4) is 17.2 Å². The van der Waals surface area contributed by atoms with Gasteiger partial charge < -0.3 is 19.2 Å². The minimum absolute atomic E-state index is 0.0499. The molecule has 3 heterocycles. The van der Waals surface area contributed by atoms with E-state index in [4.69, 9.17) is 13.9 Å². The van der Waals surface area contributed by atoms with E-state index in [0.717, 1.165) is 24.2 Å². The second-order valence-electron chi connectivity index (χ2n) is 6.87. The second kappa shape index (κ2) is 9.34. The first-order chi connectivity index (χ1) is 14.3. The molecule has 150 valence electrons. The number of ether oxygens (including phenoxy) is 2. The third-order valence-electron chi connectivity index (χ3n) is 4.64. The maximum atomic E-state index is 12.2. The number of amides is 1. The zero-order valence-corrected chi connectivity index (χ0v) is 16.0. The summed E-state index contributed by atoms with van der Waals surface area (Å²) in [6.45, 7) is 1.73. The van der Waals surface area contributed by atoms with E-state index in [2.05, 4.69) is 15.3 Å². The van der Waals surface area contributed by atoms with Crippen LogP contribution in [-0.2, 0) is 22.5 Å². The summed E-state index contributed by atoms with van der Waals surface area (Å²) in [7, 11) is 0. The molecule has 29 heavy (non-hydrogen) atoms. The van der Waals surface area contributed by atoms with E-state index in [1.54, 1.807) is 12.4 Å². The van der Waals surface area contributed by atoms with E-state index < -0.39 is 0 Å². The number of benzene rings is 1. The van der Waals surface area contributed by atoms with E-state index in [0.29, 0.717) is 43.5 Å². The van der Waals surface area contributed by atoms with Crippen molar-refractivity contribution in [3.05, 3.63) is 66.3 Å². The van der Waals surface area contributed by atoms with Crippen LogP contribution in [0.3, 0.4) is 0 Å². The Morgan fingerprint density at radius 2 is 2.10 bits per heavy atom. The molecular formula is C22H23N3O4. The van der Waals surface area contributed by atoms with Gasteiger partial charge in [0.2, 0.25) is 11.8 Å². The number of hydrogen-bond donors (Lipinski definition) is 1. The number of carbonyl (C=O) groups excluding carboxylic acids is 1. The summed E-state index contributed by atoms with van der Waals surface area (Å²) in [4.78, 5) is 20.7. The number of carbonyl (C=O) groups is 1. The zero-order chi connectivity index (χ0) is 19.9. The molecular weight excluding hydrogens is 370 g/mol. The maximum absolute atomic E-state index is 12.2. The van der Waals surface area contributed by atoms with Crippen molar-refractivity contribution < 1.29 is 18.7 Å². The number of nitrogens with zero attached hydrogens (tertiary/aromatic N) is 2. The van der Waals surface area contributed by atoms with Crippen molar-refractivity contribution in [2.45, 2.75) is 31.9 Å². The first-order valence-electron chi connectivity index (χ1n) is 9.72. The lowest BCUT2D eigenvalue weighted by Gasteiger charge is -2.11. The van der Waals surface area contributed by atoms with Crippen LogP contribution >= 0.6 is 0 Å². The molecule has 1 N–H and O–H groups in total. The van der Waals surface area contributed by atoms with Crippen LogP contribution in [-0.4, -0.2) is 35.2 Å². The van der Waals surface area contributed by atoms with Gasteiger partial charge in [-0.25, -0.2) is 9.97 Å². The first kappa shape index (κ1) is 19.1. The molecule has 1 saturated heterocycles. The van der Waals surface area contributed by atoms with Crippen LogP contribution < -0.4 is 10.1 Å². The SMILES string of the molecule is O=C(CCc1ncc(-c2ccccc2)o1)NCc1ccnc(OC2CCOC2)c1. The molecule has 1 atom stereocenters. The Bertz CT molecular complexity index is 936. The van der Waals surface area contributed by atoms with Crippen LogP contribution in [0.1, 0.15) is 24.3 Å². The smallest absolute Gasteiger partial charge is 0.220 e. The van der Waals surface area contributed by atoms with Gasteiger partial charge in [-0.2, -0.15) is 0 Å². The first-order valence-corrected chi connectivity index (χ1v) is 9.72. The van der Waals surface area contributed by atoms with E-state index in [-0.39, 0.29) is 12.0 Å². The number of aromatic nitrogens is 2. The highest BCUT2D eigenvalue weighted by molar-refractivity contribution is 5.76. The minimum Gasteiger partial charge on any atom is -0.472 e. The predicted molar refractivity (Wildman–Crippen MR) is 106 cm³/mol. The molecule has 0 radical (unpaired) electrons. The molecule has 1 aliphatic heterocycles. The molecule has 3 aromatic rings. The molecule has 4 rings (SSSR count). The van der Waals surface area contributed by atoms with Gasteiger partial charge in [0.1, 0.15) is 6.10 Å². The van der Waals surface area contributed by atoms with Gasteiger partial charge in [-0.15, -0.1) is 0 Å². The predicted octanol–water partition coefficient (Wildman–Crippen LogP) is 3.15. The molecule has 1 unspecified atom stereocenters. The largest absolute Gasteiger partial charge is 0.472 e. The number of rotatable bonds is 8. The van der Waals surface area contributed by atoms with E-state index >= 15 is 0 Å². The molecule has 1 amide bonds. The Hall–Kier alpha value is -3.19. The second-order valence-corrected chi connectivity index (χ2v) is 6.87. The minimum atomic E-state index is -0.0621. The standard InChI is InChI=1S/C22H23N3O4/c26-20(6-7-21-25-14-19(29-21)17-4-2-1-3-5-17)24-13-16-8-10-23-22(12-16)28-18-9-11-27-15-18/h1-5,8,10,12,14,18H,6-7,9,11,13,15H2,(H,24,26). The molecule has 1 aromatic carbocycles. The molecule has 0 spiro atoms. The van der Waals surface area contributed by atoms with Gasteiger partial charge in [-0.1, -0.05) is 30.3 Å². The summed E-state index contributed by atoms with van der Waals surface area (Å²) < 4.78 is 16.8. The van der Waals surface area contributed by atoms with E-state index in [1.165, 1.54) is 0 Å². The number of nitrogens with one attached hydrogen (secondary N) is 1. The molecule has 7 nitrogen and oxygen atoms in total. The highest BCUT2D eigenvalue weighted by Gasteiger charge is 2.17. The van der Waals surface area contributed by atoms with Gasteiger partial charge in [0.25, 0.3) is 0 Å². The summed E-state index contributed by atoms with van der Waals surface area (Å²) in [6, 6.07) is 13.5. The molecule has 2 aromatic heterocycles. The van der Waals surface area contributed by atoms with Gasteiger partial charge in [0, 0.05) is 43.6 Å². The Morgan fingerprint density at radius 3 is 2.93 bits per heavy atom. The van der Waals surface area contributed by atoms with Crippen molar-refractivity contribution >= 4 is 5.91 Å². The van der Waals surface area contributed by atoms with E-state index in [9.17, 15) is 4.79 Å². The van der Waals surface area contributed by atoms with E-state index in [1.807, 2.05) is 42.5 Å². The quantitative estimate of drug-likeness (QED) is 0.633. The van der Waals surface area contributed by atoms with Crippen molar-refractivity contribution in [2.24, 2.45) is 0 Å². The zero-order valence-electron chi connectivity index (χ0n) is 16.0. The third-order valence-corrected chi connectivity index (χ3v) is 4.64. The fourth-order valence-corrected chi connectivity index (χ4v) is 3.07. The summed E-state index contributed by atoms with van der Waals surface area (Å²) in [5.74, 6) is 1.75. The molecule has 7 heteroatoms. The monoisotopic (exact) mass is 393 g/mol. The summed E-state index contributed by atoms with van der Waals surface area (Å²) in [6.07, 6.45) is 5.05. The van der Waals surface area contributed by atoms with Crippen LogP contribution in [0.15, 0.2) is 59.3 Å². The third kappa shape index (κ3) is 5.42. The van der Waals surface area contributed by atoms with Gasteiger partial charge in [-0.05, 0) is 11.6 Å². The van der Waals surface area contributed by atoms with Gasteiger partial charge in [0.15, 0.2) is 11.7 Å². The topological polar surface area (TPSA) is 86.5 Å². The number of hydrogen-bond acceptors (Lipinski definition) is 6. The molecule has 1 aliphatic rings. The van der Waals surface area contributed by atoms with Crippen LogP contribution in [0.25, 0.3) is 11.3 Å². The van der Waals surface area contributed by atoms with Crippen molar-refractivity contribution in [2.75, 3.05) is 13.2 Å². The Morgan fingerprint density at radius 1 is 1.21 bits per heavy atom. The van der Waals surface area contributed by atoms with Crippen molar-refractivity contribution in [1.82, 2.24) is 15.3 Å². The highest BCUT2D eigenvalue weighted by Crippen LogP contribution is 2.20. The van der Waals surface area contributed by atoms with Crippen LogP contribution in [0, 0.1) is 0 Å². The number of oxazole rings is 1.